The largest absolute Gasteiger partial charge is 0.340 e. The van der Waals surface area contributed by atoms with Crippen molar-refractivity contribution in [3.8, 4) is 0 Å². The SMILES string of the molecule is CCC(=O)SCCC(F)C(F)(F)C(F)(F)CC(F)F. The predicted molar refractivity (Wildman–Crippen MR) is 57.8 cm³/mol. The Labute approximate surface area is 109 Å². The van der Waals surface area contributed by atoms with Crippen molar-refractivity contribution >= 4 is 16.9 Å². The van der Waals surface area contributed by atoms with Crippen LogP contribution in [0, 0.1) is 0 Å². The van der Waals surface area contributed by atoms with Gasteiger partial charge in [-0.05, 0) is 6.42 Å². The van der Waals surface area contributed by atoms with Gasteiger partial charge in [-0.25, -0.2) is 13.2 Å². The third kappa shape index (κ3) is 5.58. The van der Waals surface area contributed by atoms with Crippen LogP contribution in [0.4, 0.5) is 30.7 Å². The summed E-state index contributed by atoms with van der Waals surface area (Å²) in [5.41, 5.74) is 0. The molecule has 1 atom stereocenters. The van der Waals surface area contributed by atoms with Gasteiger partial charge in [-0.1, -0.05) is 18.7 Å². The molecule has 114 valence electrons. The molecule has 9 heteroatoms. The Morgan fingerprint density at radius 1 is 1.16 bits per heavy atom. The monoisotopic (exact) mass is 314 g/mol. The maximum atomic E-state index is 13.1. The maximum absolute atomic E-state index is 13.1. The molecule has 1 nitrogen and oxygen atoms in total. The first-order valence-electron chi connectivity index (χ1n) is 5.38. The summed E-state index contributed by atoms with van der Waals surface area (Å²) in [4.78, 5) is 10.8. The van der Waals surface area contributed by atoms with Gasteiger partial charge in [0, 0.05) is 12.2 Å². The molecular formula is C10H13F7OS. The van der Waals surface area contributed by atoms with Crippen LogP contribution in [0.5, 0.6) is 0 Å². The molecule has 0 amide bonds. The molecule has 0 aromatic carbocycles. The summed E-state index contributed by atoms with van der Waals surface area (Å²) < 4.78 is 88.2. The molecular weight excluding hydrogens is 301 g/mol. The van der Waals surface area contributed by atoms with Crippen molar-refractivity contribution in [3.05, 3.63) is 0 Å². The van der Waals surface area contributed by atoms with Crippen LogP contribution in [0.25, 0.3) is 0 Å². The number of carbonyl (C=O) groups excluding carboxylic acids is 1. The molecule has 19 heavy (non-hydrogen) atoms. The van der Waals surface area contributed by atoms with Crippen LogP contribution in [0.3, 0.4) is 0 Å². The van der Waals surface area contributed by atoms with Crippen molar-refractivity contribution < 1.29 is 35.5 Å². The summed E-state index contributed by atoms with van der Waals surface area (Å²) in [5, 5.41) is -0.394. The second kappa shape index (κ2) is 7.35. The molecule has 0 spiro atoms. The van der Waals surface area contributed by atoms with E-state index in [9.17, 15) is 35.5 Å². The van der Waals surface area contributed by atoms with Crippen molar-refractivity contribution in [2.45, 2.75) is 50.6 Å². The van der Waals surface area contributed by atoms with Gasteiger partial charge in [0.25, 0.3) is 0 Å². The van der Waals surface area contributed by atoms with E-state index < -0.39 is 48.2 Å². The molecule has 0 saturated heterocycles. The topological polar surface area (TPSA) is 17.1 Å². The maximum Gasteiger partial charge on any atom is 0.340 e. The van der Waals surface area contributed by atoms with Crippen molar-refractivity contribution in [2.24, 2.45) is 0 Å². The lowest BCUT2D eigenvalue weighted by Crippen LogP contribution is -2.49. The fourth-order valence-corrected chi connectivity index (χ4v) is 1.88. The van der Waals surface area contributed by atoms with Gasteiger partial charge < -0.3 is 0 Å². The summed E-state index contributed by atoms with van der Waals surface area (Å²) >= 11 is 0.540. The zero-order chi connectivity index (χ0) is 15.3. The van der Waals surface area contributed by atoms with E-state index in [2.05, 4.69) is 0 Å². The number of carbonyl (C=O) groups is 1. The Morgan fingerprint density at radius 3 is 2.11 bits per heavy atom. The van der Waals surface area contributed by atoms with Crippen LogP contribution in [-0.4, -0.2) is 35.3 Å². The van der Waals surface area contributed by atoms with Gasteiger partial charge in [0.1, 0.15) is 0 Å². The summed E-state index contributed by atoms with van der Waals surface area (Å²) in [6, 6.07) is 0. The lowest BCUT2D eigenvalue weighted by atomic mass is 10.0. The first-order chi connectivity index (χ1) is 8.54. The highest BCUT2D eigenvalue weighted by Gasteiger charge is 2.62. The minimum atomic E-state index is -5.18. The minimum absolute atomic E-state index is 0.0968. The molecule has 0 radical (unpaired) electrons. The molecule has 0 aromatic rings. The van der Waals surface area contributed by atoms with Crippen molar-refractivity contribution in [3.63, 3.8) is 0 Å². The Bertz CT molecular complexity index is 296. The normalized spacial score (nSPS) is 14.8. The number of hydrogen-bond acceptors (Lipinski definition) is 2. The molecule has 0 N–H and O–H groups in total. The van der Waals surface area contributed by atoms with Crippen LogP contribution in [0.15, 0.2) is 0 Å². The summed E-state index contributed by atoms with van der Waals surface area (Å²) in [6.07, 6.45) is -10.3. The summed E-state index contributed by atoms with van der Waals surface area (Å²) in [6.45, 7) is 1.49. The number of halogens is 7. The van der Waals surface area contributed by atoms with E-state index in [-0.39, 0.29) is 6.42 Å². The van der Waals surface area contributed by atoms with E-state index in [4.69, 9.17) is 0 Å². The average Bonchev–Trinajstić information content (AvgIpc) is 2.26. The van der Waals surface area contributed by atoms with Gasteiger partial charge in [0.05, 0.1) is 6.42 Å². The zero-order valence-electron chi connectivity index (χ0n) is 9.95. The second-order valence-electron chi connectivity index (χ2n) is 3.75. The van der Waals surface area contributed by atoms with E-state index in [0.717, 1.165) is 0 Å². The predicted octanol–water partition coefficient (Wildman–Crippen LogP) is 4.31. The van der Waals surface area contributed by atoms with Gasteiger partial charge in [-0.3, -0.25) is 4.79 Å². The third-order valence-electron chi connectivity index (χ3n) is 2.21. The van der Waals surface area contributed by atoms with E-state index >= 15 is 0 Å². The number of thioether (sulfide) groups is 1. The molecule has 0 aliphatic carbocycles. The molecule has 0 bridgehead atoms. The Hall–Kier alpha value is -0.470. The molecule has 0 aliphatic heterocycles. The van der Waals surface area contributed by atoms with Crippen LogP contribution in [0.2, 0.25) is 0 Å². The highest BCUT2D eigenvalue weighted by Crippen LogP contribution is 2.43. The van der Waals surface area contributed by atoms with Gasteiger partial charge in [-0.2, -0.15) is 17.6 Å². The highest BCUT2D eigenvalue weighted by atomic mass is 32.2. The van der Waals surface area contributed by atoms with E-state index in [1.807, 2.05) is 0 Å². The quantitative estimate of drug-likeness (QED) is 0.621. The van der Waals surface area contributed by atoms with E-state index in [1.54, 1.807) is 0 Å². The average molecular weight is 314 g/mol. The number of hydrogen-bond donors (Lipinski definition) is 0. The molecule has 1 unspecified atom stereocenters. The second-order valence-corrected chi connectivity index (χ2v) is 4.91. The van der Waals surface area contributed by atoms with Crippen LogP contribution in [0.1, 0.15) is 26.2 Å². The fourth-order valence-electron chi connectivity index (χ4n) is 1.12. The lowest BCUT2D eigenvalue weighted by Gasteiger charge is -2.28. The Balaban J connectivity index is 4.49. The Morgan fingerprint density at radius 2 is 1.68 bits per heavy atom. The molecule has 0 fully saturated rings. The van der Waals surface area contributed by atoms with E-state index in [1.165, 1.54) is 6.92 Å². The third-order valence-corrected chi connectivity index (χ3v) is 3.27. The summed E-state index contributed by atoms with van der Waals surface area (Å²) in [5.74, 6) is -10.7. The Kier molecular flexibility index (Phi) is 7.17. The van der Waals surface area contributed by atoms with Crippen LogP contribution >= 0.6 is 11.8 Å². The van der Waals surface area contributed by atoms with Gasteiger partial charge in [0.2, 0.25) is 6.43 Å². The summed E-state index contributed by atoms with van der Waals surface area (Å²) in [7, 11) is 0. The molecule has 0 saturated carbocycles. The molecule has 0 heterocycles. The molecule has 0 aliphatic rings. The van der Waals surface area contributed by atoms with E-state index in [0.29, 0.717) is 11.8 Å². The van der Waals surface area contributed by atoms with Crippen molar-refractivity contribution in [2.75, 3.05) is 5.75 Å². The van der Waals surface area contributed by atoms with Gasteiger partial charge in [-0.15, -0.1) is 0 Å². The lowest BCUT2D eigenvalue weighted by molar-refractivity contribution is -0.251. The zero-order valence-corrected chi connectivity index (χ0v) is 10.8. The minimum Gasteiger partial charge on any atom is -0.287 e. The molecule has 0 rings (SSSR count). The highest BCUT2D eigenvalue weighted by molar-refractivity contribution is 8.13. The van der Waals surface area contributed by atoms with Crippen LogP contribution < -0.4 is 0 Å². The molecule has 0 aromatic heterocycles. The van der Waals surface area contributed by atoms with Crippen molar-refractivity contribution in [1.29, 1.82) is 0 Å². The first kappa shape index (κ1) is 18.5. The van der Waals surface area contributed by atoms with Gasteiger partial charge >= 0.3 is 11.8 Å². The van der Waals surface area contributed by atoms with Crippen LogP contribution in [-0.2, 0) is 4.79 Å². The van der Waals surface area contributed by atoms with Crippen molar-refractivity contribution in [1.82, 2.24) is 0 Å². The first-order valence-corrected chi connectivity index (χ1v) is 6.36. The van der Waals surface area contributed by atoms with Gasteiger partial charge in [0.15, 0.2) is 11.3 Å². The number of alkyl halides is 7. The number of rotatable bonds is 8. The smallest absolute Gasteiger partial charge is 0.287 e. The fraction of sp³-hybridized carbons (Fsp3) is 0.900. The standard InChI is InChI=1S/C10H13F7OS/c1-2-8(18)19-4-3-6(11)10(16,17)9(14,15)5-7(12)13/h6-7H,2-5H2,1H3.